The lowest BCUT2D eigenvalue weighted by molar-refractivity contribution is -0.137. The monoisotopic (exact) mass is 403 g/mol. The molecule has 0 aliphatic carbocycles. The average Bonchev–Trinajstić information content (AvgIpc) is 3.02. The van der Waals surface area contributed by atoms with Crippen LogP contribution in [0.25, 0.3) is 0 Å². The van der Waals surface area contributed by atoms with Gasteiger partial charge in [-0.3, -0.25) is 14.6 Å². The van der Waals surface area contributed by atoms with Crippen molar-refractivity contribution in [2.24, 2.45) is 0 Å². The fourth-order valence-electron chi connectivity index (χ4n) is 4.06. The first kappa shape index (κ1) is 19.9. The molecule has 0 atom stereocenters. The van der Waals surface area contributed by atoms with Gasteiger partial charge < -0.3 is 4.90 Å². The van der Waals surface area contributed by atoms with Crippen LogP contribution in [0.5, 0.6) is 0 Å². The van der Waals surface area contributed by atoms with Crippen molar-refractivity contribution in [3.05, 3.63) is 65.2 Å². The summed E-state index contributed by atoms with van der Waals surface area (Å²) in [5, 5.41) is 0. The topological polar surface area (TPSA) is 26.8 Å². The molecular weight excluding hydrogens is 379 g/mol. The lowest BCUT2D eigenvalue weighted by Crippen LogP contribution is -2.48. The van der Waals surface area contributed by atoms with Gasteiger partial charge in [0.25, 0.3) is 0 Å². The van der Waals surface area contributed by atoms with Crippen LogP contribution in [-0.2, 0) is 23.9 Å². The van der Waals surface area contributed by atoms with Crippen LogP contribution in [0.4, 0.5) is 18.9 Å². The second kappa shape index (κ2) is 8.16. The number of rotatable bonds is 5. The van der Waals surface area contributed by atoms with E-state index in [9.17, 15) is 18.0 Å². The molecule has 4 rings (SSSR count). The number of hydrogen-bond donors (Lipinski definition) is 0. The molecule has 0 aromatic heterocycles. The standard InChI is InChI=1S/C22H24F3N3O/c23-22(24,25)19-6-7-20-18(14-19)15-21(29)28(20)13-12-26-8-10-27(11-9-26)16-17-4-2-1-3-5-17/h1-7,14H,8-13,15-16H2. The number of alkyl halides is 3. The van der Waals surface area contributed by atoms with Crippen molar-refractivity contribution in [3.63, 3.8) is 0 Å². The average molecular weight is 403 g/mol. The summed E-state index contributed by atoms with van der Waals surface area (Å²) in [6, 6.07) is 14.0. The Hall–Kier alpha value is -2.38. The van der Waals surface area contributed by atoms with E-state index in [1.807, 2.05) is 18.2 Å². The first-order chi connectivity index (χ1) is 13.9. The summed E-state index contributed by atoms with van der Waals surface area (Å²) >= 11 is 0. The van der Waals surface area contributed by atoms with E-state index in [0.717, 1.165) is 51.4 Å². The Morgan fingerprint density at radius 2 is 1.55 bits per heavy atom. The summed E-state index contributed by atoms with van der Waals surface area (Å²) in [4.78, 5) is 18.7. The molecular formula is C22H24F3N3O. The maximum Gasteiger partial charge on any atom is 0.416 e. The summed E-state index contributed by atoms with van der Waals surface area (Å²) in [5.41, 5.74) is 1.70. The van der Waals surface area contributed by atoms with Gasteiger partial charge in [-0.15, -0.1) is 0 Å². The molecule has 1 fully saturated rings. The molecule has 2 aromatic rings. The lowest BCUT2D eigenvalue weighted by Gasteiger charge is -2.35. The molecule has 2 aliphatic heterocycles. The fraction of sp³-hybridized carbons (Fsp3) is 0.409. The van der Waals surface area contributed by atoms with Crippen molar-refractivity contribution in [2.75, 3.05) is 44.2 Å². The number of nitrogens with zero attached hydrogens (tertiary/aromatic N) is 3. The molecule has 0 unspecified atom stereocenters. The number of hydrogen-bond acceptors (Lipinski definition) is 3. The van der Waals surface area contributed by atoms with Gasteiger partial charge in [0.15, 0.2) is 0 Å². The highest BCUT2D eigenvalue weighted by Crippen LogP contribution is 2.35. The van der Waals surface area contributed by atoms with Gasteiger partial charge in [-0.1, -0.05) is 30.3 Å². The molecule has 0 saturated carbocycles. The number of amides is 1. The predicted molar refractivity (Wildman–Crippen MR) is 106 cm³/mol. The third-order valence-corrected chi connectivity index (χ3v) is 5.69. The van der Waals surface area contributed by atoms with Crippen LogP contribution in [0.2, 0.25) is 0 Å². The van der Waals surface area contributed by atoms with Gasteiger partial charge in [-0.25, -0.2) is 0 Å². The maximum atomic E-state index is 12.9. The summed E-state index contributed by atoms with van der Waals surface area (Å²) in [7, 11) is 0. The van der Waals surface area contributed by atoms with Gasteiger partial charge in [0.05, 0.1) is 12.0 Å². The van der Waals surface area contributed by atoms with Crippen molar-refractivity contribution in [1.82, 2.24) is 9.80 Å². The number of carbonyl (C=O) groups is 1. The van der Waals surface area contributed by atoms with Gasteiger partial charge in [0.2, 0.25) is 5.91 Å². The Labute approximate surface area is 168 Å². The minimum Gasteiger partial charge on any atom is -0.311 e. The minimum absolute atomic E-state index is 0.0457. The molecule has 29 heavy (non-hydrogen) atoms. The van der Waals surface area contributed by atoms with Crippen LogP contribution in [0.3, 0.4) is 0 Å². The summed E-state index contributed by atoms with van der Waals surface area (Å²) in [6.07, 6.45) is -4.34. The van der Waals surface area contributed by atoms with Gasteiger partial charge in [-0.05, 0) is 29.3 Å². The van der Waals surface area contributed by atoms with E-state index in [2.05, 4.69) is 21.9 Å². The second-order valence-corrected chi connectivity index (χ2v) is 7.67. The molecule has 0 bridgehead atoms. The van der Waals surface area contributed by atoms with Crippen molar-refractivity contribution in [1.29, 1.82) is 0 Å². The molecule has 0 N–H and O–H groups in total. The van der Waals surface area contributed by atoms with E-state index < -0.39 is 11.7 Å². The number of benzene rings is 2. The van der Waals surface area contributed by atoms with Crippen molar-refractivity contribution < 1.29 is 18.0 Å². The smallest absolute Gasteiger partial charge is 0.311 e. The van der Waals surface area contributed by atoms with Crippen LogP contribution in [-0.4, -0.2) is 55.0 Å². The maximum absolute atomic E-state index is 12.9. The molecule has 0 spiro atoms. The molecule has 7 heteroatoms. The Bertz CT molecular complexity index is 861. The van der Waals surface area contributed by atoms with Crippen molar-refractivity contribution in [3.8, 4) is 0 Å². The van der Waals surface area contributed by atoms with E-state index in [1.165, 1.54) is 11.6 Å². The molecule has 2 heterocycles. The van der Waals surface area contributed by atoms with Crippen molar-refractivity contribution in [2.45, 2.75) is 19.1 Å². The van der Waals surface area contributed by atoms with E-state index in [0.29, 0.717) is 17.8 Å². The SMILES string of the molecule is O=C1Cc2cc(C(F)(F)F)ccc2N1CCN1CCN(Cc2ccccc2)CC1. The first-order valence-corrected chi connectivity index (χ1v) is 9.89. The van der Waals surface area contributed by atoms with E-state index in [-0.39, 0.29) is 12.3 Å². The van der Waals surface area contributed by atoms with Gasteiger partial charge >= 0.3 is 6.18 Å². The Morgan fingerprint density at radius 3 is 2.24 bits per heavy atom. The molecule has 4 nitrogen and oxygen atoms in total. The Kier molecular flexibility index (Phi) is 5.61. The Morgan fingerprint density at radius 1 is 0.862 bits per heavy atom. The third kappa shape index (κ3) is 4.62. The minimum atomic E-state index is -4.38. The zero-order valence-electron chi connectivity index (χ0n) is 16.2. The molecule has 1 amide bonds. The van der Waals surface area contributed by atoms with E-state index in [4.69, 9.17) is 0 Å². The highest BCUT2D eigenvalue weighted by Gasteiger charge is 2.34. The summed E-state index contributed by atoms with van der Waals surface area (Å²) < 4.78 is 38.7. The van der Waals surface area contributed by atoms with Crippen LogP contribution in [0, 0.1) is 0 Å². The van der Waals surface area contributed by atoms with Gasteiger partial charge in [0, 0.05) is 51.5 Å². The van der Waals surface area contributed by atoms with E-state index in [1.54, 1.807) is 4.90 Å². The normalized spacial score (nSPS) is 18.3. The quantitative estimate of drug-likeness (QED) is 0.766. The summed E-state index contributed by atoms with van der Waals surface area (Å²) in [6.45, 7) is 5.96. The highest BCUT2D eigenvalue weighted by atomic mass is 19.4. The van der Waals surface area contributed by atoms with Crippen molar-refractivity contribution >= 4 is 11.6 Å². The predicted octanol–water partition coefficient (Wildman–Crippen LogP) is 3.41. The molecule has 0 radical (unpaired) electrons. The molecule has 1 saturated heterocycles. The zero-order chi connectivity index (χ0) is 20.4. The molecule has 154 valence electrons. The molecule has 2 aliphatic rings. The second-order valence-electron chi connectivity index (χ2n) is 7.67. The van der Waals surface area contributed by atoms with Crippen LogP contribution >= 0.6 is 0 Å². The Balaban J connectivity index is 1.30. The number of anilines is 1. The largest absolute Gasteiger partial charge is 0.416 e. The fourth-order valence-corrected chi connectivity index (χ4v) is 4.06. The van der Waals surface area contributed by atoms with Crippen LogP contribution in [0.1, 0.15) is 16.7 Å². The van der Waals surface area contributed by atoms with Gasteiger partial charge in [0.1, 0.15) is 0 Å². The number of halogens is 3. The lowest BCUT2D eigenvalue weighted by atomic mass is 10.1. The van der Waals surface area contributed by atoms with Gasteiger partial charge in [-0.2, -0.15) is 13.2 Å². The number of piperazine rings is 1. The summed E-state index contributed by atoms with van der Waals surface area (Å²) in [5.74, 6) is -0.123. The zero-order valence-corrected chi connectivity index (χ0v) is 16.2. The molecule has 2 aromatic carbocycles. The number of carbonyl (C=O) groups excluding carboxylic acids is 1. The van der Waals surface area contributed by atoms with E-state index >= 15 is 0 Å². The van der Waals surface area contributed by atoms with Crippen LogP contribution in [0.15, 0.2) is 48.5 Å². The highest BCUT2D eigenvalue weighted by molar-refractivity contribution is 6.01. The first-order valence-electron chi connectivity index (χ1n) is 9.89. The third-order valence-electron chi connectivity index (χ3n) is 5.69. The van der Waals surface area contributed by atoms with Crippen LogP contribution < -0.4 is 4.90 Å². The number of fused-ring (bicyclic) bond motifs is 1.